The molecule has 16 aromatic rings. The summed E-state index contributed by atoms with van der Waals surface area (Å²) in [5.74, 6) is 0. The Labute approximate surface area is 427 Å². The van der Waals surface area contributed by atoms with Crippen molar-refractivity contribution < 1.29 is 0 Å². The molecule has 0 aliphatic rings. The molecule has 0 saturated heterocycles. The van der Waals surface area contributed by atoms with Crippen LogP contribution < -0.4 is 0 Å². The van der Waals surface area contributed by atoms with Gasteiger partial charge in [-0.15, -0.1) is 0 Å². The number of aromatic nitrogens is 4. The van der Waals surface area contributed by atoms with Crippen molar-refractivity contribution in [2.45, 2.75) is 13.8 Å². The maximum absolute atomic E-state index is 2.50. The van der Waals surface area contributed by atoms with Crippen LogP contribution in [0.1, 0.15) is 11.1 Å². The van der Waals surface area contributed by atoms with Crippen LogP contribution in [0, 0.1) is 13.8 Å². The standard InChI is InChI=1S/C38H24N2.C32H24N2/c1-3-15-27-25(11-1)13-9-21-32(27)39-35-20-8-6-18-31(35)37-36(39)24-23-30-29-17-5-7-19-34(29)40(38(30)37)33-22-10-14-26-12-2-4-16-28(26)33;1-21-9-7-11-23(17-21)33-29-15-5-3-13-25(29)27-20-32-28(19-31(27)33)26-14-4-6-16-30(26)34(32)24-12-8-10-22(2)18-24/h1-24H;3-20H,1-2H3. The van der Waals surface area contributed by atoms with Crippen LogP contribution in [0.5, 0.6) is 0 Å². The lowest BCUT2D eigenvalue weighted by Gasteiger charge is -2.13. The van der Waals surface area contributed by atoms with E-state index >= 15 is 0 Å². The second-order valence-corrected chi connectivity index (χ2v) is 19.8. The molecule has 0 aliphatic heterocycles. The summed E-state index contributed by atoms with van der Waals surface area (Å²) < 4.78 is 9.78. The van der Waals surface area contributed by atoms with Gasteiger partial charge in [0, 0.05) is 65.2 Å². The van der Waals surface area contributed by atoms with Crippen molar-refractivity contribution >= 4 is 109 Å². The lowest BCUT2D eigenvalue weighted by molar-refractivity contribution is 1.17. The number of benzene rings is 12. The molecule has 0 amide bonds. The van der Waals surface area contributed by atoms with E-state index in [-0.39, 0.29) is 0 Å². The lowest BCUT2D eigenvalue weighted by atomic mass is 10.1. The van der Waals surface area contributed by atoms with Gasteiger partial charge in [-0.3, -0.25) is 0 Å². The smallest absolute Gasteiger partial charge is 0.0641 e. The summed E-state index contributed by atoms with van der Waals surface area (Å²) in [5, 5.41) is 15.2. The van der Waals surface area contributed by atoms with E-state index in [1.165, 1.54) is 143 Å². The number of hydrogen-bond donors (Lipinski definition) is 0. The van der Waals surface area contributed by atoms with Gasteiger partial charge in [0.05, 0.1) is 55.5 Å². The summed E-state index contributed by atoms with van der Waals surface area (Å²) in [4.78, 5) is 0. The first-order chi connectivity index (χ1) is 36.6. The summed E-state index contributed by atoms with van der Waals surface area (Å²) in [7, 11) is 0. The van der Waals surface area contributed by atoms with Crippen LogP contribution in [0.15, 0.2) is 255 Å². The SMILES string of the molecule is Cc1cccc(-n2c3ccccc3c3cc4c(cc32)c2ccccc2n4-c2cccc(C)c2)c1.c1ccc2c(-n3c4ccccc4c4c3ccc3c5ccccc5n(-c5cccc6ccccc56)c34)cccc2c1. The van der Waals surface area contributed by atoms with Gasteiger partial charge < -0.3 is 18.3 Å². The molecular weight excluding hydrogens is 897 g/mol. The summed E-state index contributed by atoms with van der Waals surface area (Å²) in [6.45, 7) is 4.32. The fourth-order valence-corrected chi connectivity index (χ4v) is 12.3. The molecule has 0 aliphatic carbocycles. The average molecular weight is 945 g/mol. The van der Waals surface area contributed by atoms with Gasteiger partial charge in [-0.1, -0.05) is 176 Å². The van der Waals surface area contributed by atoms with E-state index in [2.05, 4.69) is 287 Å². The number of fused-ring (bicyclic) bond motifs is 15. The highest BCUT2D eigenvalue weighted by atomic mass is 15.0. The first-order valence-corrected chi connectivity index (χ1v) is 25.6. The Bertz CT molecular complexity index is 4790. The summed E-state index contributed by atoms with van der Waals surface area (Å²) in [5.41, 5.74) is 17.2. The van der Waals surface area contributed by atoms with Gasteiger partial charge in [0.15, 0.2) is 0 Å². The average Bonchev–Trinajstić information content (AvgIpc) is 4.18. The molecule has 4 heteroatoms. The molecule has 4 heterocycles. The van der Waals surface area contributed by atoms with E-state index in [0.29, 0.717) is 0 Å². The monoisotopic (exact) mass is 944 g/mol. The molecule has 0 fully saturated rings. The van der Waals surface area contributed by atoms with E-state index in [0.717, 1.165) is 0 Å². The quantitative estimate of drug-likeness (QED) is 0.168. The predicted molar refractivity (Wildman–Crippen MR) is 315 cm³/mol. The molecule has 0 unspecified atom stereocenters. The van der Waals surface area contributed by atoms with Crippen LogP contribution in [0.4, 0.5) is 0 Å². The Kier molecular flexibility index (Phi) is 9.36. The first-order valence-electron chi connectivity index (χ1n) is 25.6. The third kappa shape index (κ3) is 6.28. The molecule has 12 aromatic carbocycles. The van der Waals surface area contributed by atoms with Crippen LogP contribution in [-0.4, -0.2) is 18.3 Å². The van der Waals surface area contributed by atoms with Gasteiger partial charge >= 0.3 is 0 Å². The number of rotatable bonds is 4. The lowest BCUT2D eigenvalue weighted by Crippen LogP contribution is -1.97. The highest BCUT2D eigenvalue weighted by molar-refractivity contribution is 6.27. The van der Waals surface area contributed by atoms with Crippen molar-refractivity contribution in [1.29, 1.82) is 0 Å². The van der Waals surface area contributed by atoms with Gasteiger partial charge in [0.1, 0.15) is 0 Å². The molecule has 0 saturated carbocycles. The zero-order chi connectivity index (χ0) is 49.0. The molecule has 348 valence electrons. The summed E-state index contributed by atoms with van der Waals surface area (Å²) >= 11 is 0. The minimum Gasteiger partial charge on any atom is -0.309 e. The molecule has 0 bridgehead atoms. The Morgan fingerprint density at radius 1 is 0.230 bits per heavy atom. The number of aryl methyl sites for hydroxylation is 2. The Balaban J connectivity index is 0.000000133. The van der Waals surface area contributed by atoms with E-state index in [9.17, 15) is 0 Å². The molecule has 0 atom stereocenters. The largest absolute Gasteiger partial charge is 0.309 e. The van der Waals surface area contributed by atoms with E-state index in [1.807, 2.05) is 0 Å². The number of nitrogens with zero attached hydrogens (tertiary/aromatic N) is 4. The Morgan fingerprint density at radius 3 is 1.14 bits per heavy atom. The normalized spacial score (nSPS) is 11.9. The zero-order valence-electron chi connectivity index (χ0n) is 41.0. The highest BCUT2D eigenvalue weighted by Gasteiger charge is 2.23. The zero-order valence-corrected chi connectivity index (χ0v) is 41.0. The molecule has 4 nitrogen and oxygen atoms in total. The minimum atomic E-state index is 1.20. The van der Waals surface area contributed by atoms with Gasteiger partial charge in [-0.2, -0.15) is 0 Å². The van der Waals surface area contributed by atoms with Crippen LogP contribution in [0.3, 0.4) is 0 Å². The second-order valence-electron chi connectivity index (χ2n) is 19.8. The Hall–Kier alpha value is -9.64. The second kappa shape index (κ2) is 16.5. The summed E-state index contributed by atoms with van der Waals surface area (Å²) in [6, 6.07) is 92.8. The van der Waals surface area contributed by atoms with Crippen LogP contribution >= 0.6 is 0 Å². The van der Waals surface area contributed by atoms with Crippen molar-refractivity contribution in [2.24, 2.45) is 0 Å². The van der Waals surface area contributed by atoms with Crippen LogP contribution in [-0.2, 0) is 0 Å². The first kappa shape index (κ1) is 42.1. The minimum absolute atomic E-state index is 1.20. The fourth-order valence-electron chi connectivity index (χ4n) is 12.3. The van der Waals surface area contributed by atoms with Crippen molar-refractivity contribution in [3.8, 4) is 22.7 Å². The van der Waals surface area contributed by atoms with Crippen LogP contribution in [0.25, 0.3) is 132 Å². The molecule has 0 N–H and O–H groups in total. The molecule has 0 spiro atoms. The molecule has 4 aromatic heterocycles. The topological polar surface area (TPSA) is 19.7 Å². The van der Waals surface area contributed by atoms with Crippen molar-refractivity contribution in [2.75, 3.05) is 0 Å². The fraction of sp³-hybridized carbons (Fsp3) is 0.0286. The highest BCUT2D eigenvalue weighted by Crippen LogP contribution is 2.44. The third-order valence-electron chi connectivity index (χ3n) is 15.5. The van der Waals surface area contributed by atoms with E-state index < -0.39 is 0 Å². The predicted octanol–water partition coefficient (Wildman–Crippen LogP) is 18.7. The van der Waals surface area contributed by atoms with E-state index in [1.54, 1.807) is 0 Å². The molecule has 0 radical (unpaired) electrons. The van der Waals surface area contributed by atoms with Crippen molar-refractivity contribution in [3.05, 3.63) is 266 Å². The van der Waals surface area contributed by atoms with Crippen LogP contribution in [0.2, 0.25) is 0 Å². The molecular formula is C70H48N4. The maximum atomic E-state index is 2.50. The Morgan fingerprint density at radius 2 is 0.622 bits per heavy atom. The van der Waals surface area contributed by atoms with Gasteiger partial charge in [0.2, 0.25) is 0 Å². The summed E-state index contributed by atoms with van der Waals surface area (Å²) in [6.07, 6.45) is 0. The third-order valence-corrected chi connectivity index (χ3v) is 15.5. The van der Waals surface area contributed by atoms with Crippen molar-refractivity contribution in [1.82, 2.24) is 18.3 Å². The van der Waals surface area contributed by atoms with Crippen molar-refractivity contribution in [3.63, 3.8) is 0 Å². The molecule has 74 heavy (non-hydrogen) atoms. The maximum Gasteiger partial charge on any atom is 0.0641 e. The number of hydrogen-bond acceptors (Lipinski definition) is 0. The van der Waals surface area contributed by atoms with Gasteiger partial charge in [0.25, 0.3) is 0 Å². The van der Waals surface area contributed by atoms with Gasteiger partial charge in [-0.25, -0.2) is 0 Å². The number of para-hydroxylation sites is 4. The molecule has 16 rings (SSSR count). The van der Waals surface area contributed by atoms with E-state index in [4.69, 9.17) is 0 Å². The van der Waals surface area contributed by atoms with Gasteiger partial charge in [-0.05, 0) is 115 Å².